The van der Waals surface area contributed by atoms with E-state index in [9.17, 15) is 9.90 Å². The van der Waals surface area contributed by atoms with Crippen molar-refractivity contribution in [3.63, 3.8) is 0 Å². The van der Waals surface area contributed by atoms with E-state index in [2.05, 4.69) is 5.32 Å². The van der Waals surface area contributed by atoms with Crippen LogP contribution in [0.1, 0.15) is 23.2 Å². The van der Waals surface area contributed by atoms with Crippen LogP contribution in [-0.2, 0) is 4.74 Å². The molecule has 0 spiro atoms. The molecule has 4 N–H and O–H groups in total. The topological polar surface area (TPSA) is 103 Å². The highest BCUT2D eigenvalue weighted by molar-refractivity contribution is 5.97. The summed E-state index contributed by atoms with van der Waals surface area (Å²) in [6, 6.07) is 5.04. The second-order valence-electron chi connectivity index (χ2n) is 5.95. The van der Waals surface area contributed by atoms with Gasteiger partial charge in [0, 0.05) is 37.8 Å². The van der Waals surface area contributed by atoms with Crippen LogP contribution in [-0.4, -0.2) is 57.6 Å². The van der Waals surface area contributed by atoms with Crippen LogP contribution in [0.4, 0.5) is 0 Å². The zero-order chi connectivity index (χ0) is 17.4. The molecule has 134 valence electrons. The van der Waals surface area contributed by atoms with Crippen LogP contribution in [0.3, 0.4) is 0 Å². The summed E-state index contributed by atoms with van der Waals surface area (Å²) in [5, 5.41) is 12.6. The van der Waals surface area contributed by atoms with Crippen LogP contribution >= 0.6 is 0 Å². The first kappa shape index (κ1) is 18.5. The van der Waals surface area contributed by atoms with E-state index in [-0.39, 0.29) is 17.9 Å². The number of aliphatic hydroxyl groups is 1. The van der Waals surface area contributed by atoms with Crippen molar-refractivity contribution in [1.29, 1.82) is 0 Å². The van der Waals surface area contributed by atoms with Gasteiger partial charge in [-0.2, -0.15) is 0 Å². The highest BCUT2D eigenvalue weighted by Crippen LogP contribution is 2.30. The third kappa shape index (κ3) is 4.59. The molecular weight excluding hydrogens is 312 g/mol. The third-order valence-corrected chi connectivity index (χ3v) is 4.32. The molecule has 0 bridgehead atoms. The smallest absolute Gasteiger partial charge is 0.255 e. The second-order valence-corrected chi connectivity index (χ2v) is 5.95. The number of aliphatic hydroxyl groups excluding tert-OH is 1. The van der Waals surface area contributed by atoms with Crippen LogP contribution in [0, 0.1) is 5.41 Å². The highest BCUT2D eigenvalue weighted by atomic mass is 16.5. The van der Waals surface area contributed by atoms with Gasteiger partial charge in [-0.25, -0.2) is 0 Å². The summed E-state index contributed by atoms with van der Waals surface area (Å²) in [5.41, 5.74) is 5.57. The Morgan fingerprint density at radius 2 is 2.17 bits per heavy atom. The number of amides is 1. The zero-order valence-corrected chi connectivity index (χ0v) is 14.0. The zero-order valence-electron chi connectivity index (χ0n) is 14.0. The van der Waals surface area contributed by atoms with Gasteiger partial charge < -0.3 is 30.4 Å². The summed E-state index contributed by atoms with van der Waals surface area (Å²) in [6.07, 6.45) is 1.45. The first-order chi connectivity index (χ1) is 11.6. The second kappa shape index (κ2) is 8.86. The number of carbonyl (C=O) groups is 1. The predicted molar refractivity (Wildman–Crippen MR) is 89.4 cm³/mol. The van der Waals surface area contributed by atoms with Gasteiger partial charge in [0.1, 0.15) is 18.1 Å². The van der Waals surface area contributed by atoms with Gasteiger partial charge >= 0.3 is 0 Å². The molecule has 1 aromatic rings. The monoisotopic (exact) mass is 338 g/mol. The molecule has 0 aliphatic carbocycles. The lowest BCUT2D eigenvalue weighted by Gasteiger charge is -2.35. The Hall–Kier alpha value is -1.83. The predicted octanol–water partition coefficient (Wildman–Crippen LogP) is 0.552. The summed E-state index contributed by atoms with van der Waals surface area (Å²) in [6.45, 7) is 2.29. The van der Waals surface area contributed by atoms with Gasteiger partial charge in [-0.05, 0) is 25.0 Å². The molecule has 0 unspecified atom stereocenters. The molecule has 1 amide bonds. The van der Waals surface area contributed by atoms with Crippen LogP contribution in [0.15, 0.2) is 18.2 Å². The minimum Gasteiger partial charge on any atom is -0.497 e. The minimum absolute atomic E-state index is 0.0236. The number of hydrogen-bond acceptors (Lipinski definition) is 6. The number of carbonyl (C=O) groups excluding carboxylic acids is 1. The average Bonchev–Trinajstić information content (AvgIpc) is 2.65. The van der Waals surface area contributed by atoms with E-state index in [4.69, 9.17) is 19.9 Å². The average molecular weight is 338 g/mol. The number of nitrogens with one attached hydrogen (secondary N) is 1. The Labute approximate surface area is 142 Å². The summed E-state index contributed by atoms with van der Waals surface area (Å²) in [5.74, 6) is 0.793. The Kier molecular flexibility index (Phi) is 6.84. The van der Waals surface area contributed by atoms with Gasteiger partial charge in [0.25, 0.3) is 5.91 Å². The van der Waals surface area contributed by atoms with E-state index < -0.39 is 0 Å². The van der Waals surface area contributed by atoms with Crippen molar-refractivity contribution in [2.75, 3.05) is 46.6 Å². The van der Waals surface area contributed by atoms with Gasteiger partial charge in [-0.15, -0.1) is 0 Å². The van der Waals surface area contributed by atoms with Crippen molar-refractivity contribution < 1.29 is 24.1 Å². The summed E-state index contributed by atoms with van der Waals surface area (Å²) in [7, 11) is 1.55. The van der Waals surface area contributed by atoms with Crippen molar-refractivity contribution in [1.82, 2.24) is 5.32 Å². The maximum absolute atomic E-state index is 12.6. The molecule has 1 fully saturated rings. The van der Waals surface area contributed by atoms with E-state index in [0.29, 0.717) is 50.0 Å². The molecule has 1 saturated heterocycles. The summed E-state index contributed by atoms with van der Waals surface area (Å²) >= 11 is 0. The lowest BCUT2D eigenvalue weighted by molar-refractivity contribution is -0.0146. The largest absolute Gasteiger partial charge is 0.497 e. The normalized spacial score (nSPS) is 16.5. The number of ether oxygens (including phenoxy) is 3. The van der Waals surface area contributed by atoms with Crippen LogP contribution in [0.2, 0.25) is 0 Å². The summed E-state index contributed by atoms with van der Waals surface area (Å²) < 4.78 is 16.1. The molecular formula is C17H26N2O5. The van der Waals surface area contributed by atoms with Crippen molar-refractivity contribution in [2.45, 2.75) is 12.8 Å². The number of methoxy groups -OCH3 is 1. The van der Waals surface area contributed by atoms with E-state index in [1.54, 1.807) is 25.3 Å². The van der Waals surface area contributed by atoms with Gasteiger partial charge in [0.2, 0.25) is 0 Å². The van der Waals surface area contributed by atoms with Gasteiger partial charge in [-0.1, -0.05) is 0 Å². The van der Waals surface area contributed by atoms with Gasteiger partial charge in [0.15, 0.2) is 0 Å². The lowest BCUT2D eigenvalue weighted by atomic mass is 9.81. The molecule has 2 rings (SSSR count). The molecule has 0 atom stereocenters. The fourth-order valence-electron chi connectivity index (χ4n) is 2.66. The fraction of sp³-hybridized carbons (Fsp3) is 0.588. The molecule has 0 radical (unpaired) electrons. The minimum atomic E-state index is -0.321. The van der Waals surface area contributed by atoms with E-state index in [0.717, 1.165) is 12.8 Å². The first-order valence-electron chi connectivity index (χ1n) is 8.12. The number of nitrogens with two attached hydrogens (primary N) is 1. The molecule has 7 nitrogen and oxygen atoms in total. The van der Waals surface area contributed by atoms with Crippen molar-refractivity contribution >= 4 is 5.91 Å². The molecule has 0 aromatic heterocycles. The van der Waals surface area contributed by atoms with Crippen molar-refractivity contribution in [3.05, 3.63) is 23.8 Å². The quantitative estimate of drug-likeness (QED) is 0.640. The number of hydrogen-bond donors (Lipinski definition) is 3. The van der Waals surface area contributed by atoms with E-state index in [1.807, 2.05) is 0 Å². The molecule has 1 aliphatic rings. The Morgan fingerprint density at radius 3 is 2.79 bits per heavy atom. The Morgan fingerprint density at radius 1 is 1.42 bits per heavy atom. The molecule has 1 heterocycles. The SMILES string of the molecule is COc1ccc(C(=O)NCC2(CO)CCOCC2)c(OCCN)c1. The number of benzene rings is 1. The number of rotatable bonds is 8. The highest BCUT2D eigenvalue weighted by Gasteiger charge is 2.32. The molecule has 0 saturated carbocycles. The molecule has 1 aromatic carbocycles. The van der Waals surface area contributed by atoms with Crippen molar-refractivity contribution in [2.24, 2.45) is 11.1 Å². The maximum atomic E-state index is 12.6. The van der Waals surface area contributed by atoms with E-state index in [1.165, 1.54) is 0 Å². The fourth-order valence-corrected chi connectivity index (χ4v) is 2.66. The summed E-state index contributed by atoms with van der Waals surface area (Å²) in [4.78, 5) is 12.6. The Bertz CT molecular complexity index is 544. The van der Waals surface area contributed by atoms with Crippen LogP contribution in [0.25, 0.3) is 0 Å². The third-order valence-electron chi connectivity index (χ3n) is 4.32. The maximum Gasteiger partial charge on any atom is 0.255 e. The standard InChI is InChI=1S/C17H26N2O5/c1-22-13-2-3-14(15(10-13)24-9-6-18)16(21)19-11-17(12-20)4-7-23-8-5-17/h2-3,10,20H,4-9,11-12,18H2,1H3,(H,19,21). The van der Waals surface area contributed by atoms with E-state index >= 15 is 0 Å². The Balaban J connectivity index is 2.07. The van der Waals surface area contributed by atoms with Crippen LogP contribution in [0.5, 0.6) is 11.5 Å². The van der Waals surface area contributed by atoms with Crippen LogP contribution < -0.4 is 20.5 Å². The van der Waals surface area contributed by atoms with Crippen molar-refractivity contribution in [3.8, 4) is 11.5 Å². The van der Waals surface area contributed by atoms with Gasteiger partial charge in [0.05, 0.1) is 19.3 Å². The van der Waals surface area contributed by atoms with Gasteiger partial charge in [-0.3, -0.25) is 4.79 Å². The molecule has 24 heavy (non-hydrogen) atoms. The molecule has 7 heteroatoms. The lowest BCUT2D eigenvalue weighted by Crippen LogP contribution is -2.43. The molecule has 1 aliphatic heterocycles. The first-order valence-corrected chi connectivity index (χ1v) is 8.12.